The van der Waals surface area contributed by atoms with Crippen LogP contribution in [0.5, 0.6) is 0 Å². The number of pyridine rings is 1. The van der Waals surface area contributed by atoms with Crippen molar-refractivity contribution >= 4 is 33.4 Å². The Morgan fingerprint density at radius 1 is 1.13 bits per heavy atom. The summed E-state index contributed by atoms with van der Waals surface area (Å²) in [7, 11) is -1.27. The van der Waals surface area contributed by atoms with Gasteiger partial charge in [-0.05, 0) is 24.6 Å². The lowest BCUT2D eigenvalue weighted by atomic mass is 10.2. The number of nitrogens with one attached hydrogen (secondary N) is 1. The molecule has 116 valence electrons. The van der Waals surface area contributed by atoms with E-state index in [-0.39, 0.29) is 11.1 Å². The van der Waals surface area contributed by atoms with E-state index in [1.807, 2.05) is 13.0 Å². The van der Waals surface area contributed by atoms with Gasteiger partial charge in [-0.15, -0.1) is 0 Å². The van der Waals surface area contributed by atoms with Crippen molar-refractivity contribution in [3.63, 3.8) is 0 Å². The first-order chi connectivity index (χ1) is 11.1. The summed E-state index contributed by atoms with van der Waals surface area (Å²) in [5, 5.41) is 3.64. The van der Waals surface area contributed by atoms with Crippen LogP contribution in [0, 0.1) is 6.92 Å². The highest BCUT2D eigenvalue weighted by Crippen LogP contribution is 2.23. The van der Waals surface area contributed by atoms with Crippen molar-refractivity contribution in [1.82, 2.24) is 15.0 Å². The van der Waals surface area contributed by atoms with Crippen molar-refractivity contribution in [2.24, 2.45) is 0 Å². The number of benzene rings is 1. The standard InChI is InChI=1S/C16H14N4O2S/c1-10-8-17-14(20-15(21)11-6-4-3-5-7-11)12-9-18-16(23(2)22)19-13(10)12/h3-9H,1-2H3,(H,17,20,21). The zero-order valence-electron chi connectivity index (χ0n) is 12.6. The molecule has 1 unspecified atom stereocenters. The van der Waals surface area contributed by atoms with Crippen molar-refractivity contribution in [2.75, 3.05) is 11.6 Å². The van der Waals surface area contributed by atoms with E-state index in [1.165, 1.54) is 6.26 Å². The molecule has 0 aliphatic heterocycles. The number of carbonyl (C=O) groups excluding carboxylic acids is 1. The third-order valence-electron chi connectivity index (χ3n) is 3.31. The summed E-state index contributed by atoms with van der Waals surface area (Å²) in [6, 6.07) is 8.88. The van der Waals surface area contributed by atoms with Gasteiger partial charge in [0.15, 0.2) is 0 Å². The number of nitrogens with zero attached hydrogens (tertiary/aromatic N) is 3. The number of hydrogen-bond acceptors (Lipinski definition) is 5. The maximum atomic E-state index is 12.3. The fraction of sp³-hybridized carbons (Fsp3) is 0.125. The Bertz CT molecular complexity index is 913. The van der Waals surface area contributed by atoms with Gasteiger partial charge in [0.1, 0.15) is 5.82 Å². The normalized spacial score (nSPS) is 12.1. The van der Waals surface area contributed by atoms with Gasteiger partial charge in [0.05, 0.1) is 21.7 Å². The lowest BCUT2D eigenvalue weighted by Gasteiger charge is -2.09. The number of aromatic nitrogens is 3. The van der Waals surface area contributed by atoms with Crippen LogP contribution in [0.1, 0.15) is 15.9 Å². The van der Waals surface area contributed by atoms with E-state index < -0.39 is 10.8 Å². The van der Waals surface area contributed by atoms with Gasteiger partial charge in [-0.25, -0.2) is 15.0 Å². The van der Waals surface area contributed by atoms with Crippen LogP contribution in [0.3, 0.4) is 0 Å². The van der Waals surface area contributed by atoms with E-state index in [0.29, 0.717) is 22.3 Å². The highest BCUT2D eigenvalue weighted by Gasteiger charge is 2.13. The summed E-state index contributed by atoms with van der Waals surface area (Å²) in [5.74, 6) is 0.124. The predicted octanol–water partition coefficient (Wildman–Crippen LogP) is 2.32. The lowest BCUT2D eigenvalue weighted by molar-refractivity contribution is 0.102. The van der Waals surface area contributed by atoms with Crippen molar-refractivity contribution < 1.29 is 9.00 Å². The van der Waals surface area contributed by atoms with E-state index in [2.05, 4.69) is 20.3 Å². The quantitative estimate of drug-likeness (QED) is 0.747. The molecule has 1 N–H and O–H groups in total. The minimum absolute atomic E-state index is 0.257. The van der Waals surface area contributed by atoms with Gasteiger partial charge < -0.3 is 5.32 Å². The summed E-state index contributed by atoms with van der Waals surface area (Å²) in [4.78, 5) is 24.9. The van der Waals surface area contributed by atoms with Crippen LogP contribution in [0.4, 0.5) is 5.82 Å². The van der Waals surface area contributed by atoms with Crippen LogP contribution in [0.25, 0.3) is 10.9 Å². The summed E-state index contributed by atoms with van der Waals surface area (Å²) in [6.07, 6.45) is 4.69. The van der Waals surface area contributed by atoms with Gasteiger partial charge >= 0.3 is 0 Å². The molecule has 23 heavy (non-hydrogen) atoms. The molecular weight excluding hydrogens is 312 g/mol. The third kappa shape index (κ3) is 3.09. The van der Waals surface area contributed by atoms with Gasteiger partial charge in [-0.1, -0.05) is 18.2 Å². The van der Waals surface area contributed by atoms with Gasteiger partial charge in [0, 0.05) is 24.2 Å². The van der Waals surface area contributed by atoms with Crippen LogP contribution in [-0.2, 0) is 10.8 Å². The van der Waals surface area contributed by atoms with Crippen molar-refractivity contribution in [2.45, 2.75) is 12.1 Å². The molecule has 7 heteroatoms. The SMILES string of the molecule is Cc1cnc(NC(=O)c2ccccc2)c2cnc(S(C)=O)nc12. The smallest absolute Gasteiger partial charge is 0.256 e. The Balaban J connectivity index is 2.03. The average molecular weight is 326 g/mol. The molecule has 0 fully saturated rings. The van der Waals surface area contributed by atoms with Crippen molar-refractivity contribution in [1.29, 1.82) is 0 Å². The van der Waals surface area contributed by atoms with Crippen molar-refractivity contribution in [3.05, 3.63) is 53.9 Å². The van der Waals surface area contributed by atoms with Crippen LogP contribution in [0.2, 0.25) is 0 Å². The molecule has 1 atom stereocenters. The highest BCUT2D eigenvalue weighted by molar-refractivity contribution is 7.84. The summed E-state index contributed by atoms with van der Waals surface area (Å²) < 4.78 is 11.5. The molecule has 1 aromatic carbocycles. The zero-order chi connectivity index (χ0) is 16.4. The topological polar surface area (TPSA) is 84.8 Å². The molecule has 3 aromatic rings. The first-order valence-electron chi connectivity index (χ1n) is 6.88. The van der Waals surface area contributed by atoms with E-state index >= 15 is 0 Å². The molecule has 0 saturated carbocycles. The Kier molecular flexibility index (Phi) is 4.12. The van der Waals surface area contributed by atoms with E-state index in [4.69, 9.17) is 0 Å². The monoisotopic (exact) mass is 326 g/mol. The van der Waals surface area contributed by atoms with Crippen LogP contribution in [-0.4, -0.2) is 31.3 Å². The van der Waals surface area contributed by atoms with E-state index in [9.17, 15) is 9.00 Å². The van der Waals surface area contributed by atoms with Gasteiger partial charge in [-0.2, -0.15) is 0 Å². The van der Waals surface area contributed by atoms with Crippen molar-refractivity contribution in [3.8, 4) is 0 Å². The lowest BCUT2D eigenvalue weighted by Crippen LogP contribution is -2.13. The molecule has 2 heterocycles. The average Bonchev–Trinajstić information content (AvgIpc) is 2.58. The molecule has 0 spiro atoms. The minimum Gasteiger partial charge on any atom is -0.306 e. The Labute approximate surface area is 135 Å². The first-order valence-corrected chi connectivity index (χ1v) is 8.44. The van der Waals surface area contributed by atoms with Crippen LogP contribution in [0.15, 0.2) is 47.9 Å². The van der Waals surface area contributed by atoms with Gasteiger partial charge in [-0.3, -0.25) is 9.00 Å². The molecule has 1 amide bonds. The molecular formula is C16H14N4O2S. The van der Waals surface area contributed by atoms with E-state index in [1.54, 1.807) is 36.7 Å². The van der Waals surface area contributed by atoms with E-state index in [0.717, 1.165) is 5.56 Å². The number of aryl methyl sites for hydroxylation is 1. The maximum Gasteiger partial charge on any atom is 0.256 e. The molecule has 3 rings (SSSR count). The third-order valence-corrected chi connectivity index (χ3v) is 4.02. The molecule has 2 aromatic heterocycles. The number of carbonyl (C=O) groups is 1. The zero-order valence-corrected chi connectivity index (χ0v) is 13.4. The number of rotatable bonds is 3. The molecule has 0 aliphatic rings. The predicted molar refractivity (Wildman–Crippen MR) is 88.8 cm³/mol. The molecule has 0 aliphatic carbocycles. The molecule has 0 bridgehead atoms. The first kappa shape index (κ1) is 15.2. The number of hydrogen-bond donors (Lipinski definition) is 1. The maximum absolute atomic E-state index is 12.3. The molecule has 0 saturated heterocycles. The second-order valence-electron chi connectivity index (χ2n) is 4.98. The Hall–Kier alpha value is -2.67. The number of anilines is 1. The summed E-state index contributed by atoms with van der Waals surface area (Å²) in [5.41, 5.74) is 1.99. The van der Waals surface area contributed by atoms with Crippen LogP contribution < -0.4 is 5.32 Å². The fourth-order valence-corrected chi connectivity index (χ4v) is 2.56. The van der Waals surface area contributed by atoms with Gasteiger partial charge in [0.2, 0.25) is 5.16 Å². The molecule has 0 radical (unpaired) electrons. The second-order valence-corrected chi connectivity index (χ2v) is 6.25. The Morgan fingerprint density at radius 2 is 1.87 bits per heavy atom. The summed E-state index contributed by atoms with van der Waals surface area (Å²) >= 11 is 0. The number of fused-ring (bicyclic) bond motifs is 1. The summed E-state index contributed by atoms with van der Waals surface area (Å²) in [6.45, 7) is 1.85. The largest absolute Gasteiger partial charge is 0.306 e. The molecule has 6 nitrogen and oxygen atoms in total. The second kappa shape index (κ2) is 6.21. The number of amides is 1. The highest BCUT2D eigenvalue weighted by atomic mass is 32.2. The van der Waals surface area contributed by atoms with Crippen LogP contribution >= 0.6 is 0 Å². The minimum atomic E-state index is -1.27. The van der Waals surface area contributed by atoms with Gasteiger partial charge in [0.25, 0.3) is 5.91 Å². The fourth-order valence-electron chi connectivity index (χ4n) is 2.14. The Morgan fingerprint density at radius 3 is 2.57 bits per heavy atom.